The Morgan fingerprint density at radius 3 is 2.67 bits per heavy atom. The van der Waals surface area contributed by atoms with Gasteiger partial charge in [0.25, 0.3) is 0 Å². The highest BCUT2D eigenvalue weighted by molar-refractivity contribution is 9.10. The summed E-state index contributed by atoms with van der Waals surface area (Å²) in [4.78, 5) is 4.08. The average Bonchev–Trinajstić information content (AvgIpc) is 2.41. The van der Waals surface area contributed by atoms with E-state index in [9.17, 15) is 5.11 Å². The van der Waals surface area contributed by atoms with Crippen LogP contribution in [0.25, 0.3) is 0 Å². The molecule has 1 N–H and O–H groups in total. The molecule has 2 rings (SSSR count). The largest absolute Gasteiger partial charge is 0.481 e. The molecule has 18 heavy (non-hydrogen) atoms. The first-order chi connectivity index (χ1) is 8.70. The van der Waals surface area contributed by atoms with Crippen LogP contribution in [0.5, 0.6) is 5.88 Å². The van der Waals surface area contributed by atoms with Crippen LogP contribution in [0.3, 0.4) is 0 Å². The fourth-order valence-electron chi connectivity index (χ4n) is 1.78. The first kappa shape index (κ1) is 13.1. The number of ether oxygens (including phenoxy) is 1. The Morgan fingerprint density at radius 1 is 1.28 bits per heavy atom. The number of aliphatic hydroxyl groups is 1. The Labute approximate surface area is 115 Å². The maximum Gasteiger partial charge on any atom is 0.218 e. The monoisotopic (exact) mass is 307 g/mol. The fourth-order valence-corrected chi connectivity index (χ4v) is 2.05. The van der Waals surface area contributed by atoms with Crippen molar-refractivity contribution >= 4 is 15.9 Å². The summed E-state index contributed by atoms with van der Waals surface area (Å²) in [6.07, 6.45) is 1.57. The molecule has 0 saturated heterocycles. The third kappa shape index (κ3) is 3.09. The van der Waals surface area contributed by atoms with Crippen molar-refractivity contribution in [2.75, 3.05) is 7.11 Å². The van der Waals surface area contributed by atoms with Crippen molar-refractivity contribution in [2.24, 2.45) is 0 Å². The van der Waals surface area contributed by atoms with Gasteiger partial charge in [-0.05, 0) is 29.8 Å². The lowest BCUT2D eigenvalue weighted by atomic mass is 10.0. The molecule has 1 aromatic heterocycles. The van der Waals surface area contributed by atoms with Crippen molar-refractivity contribution in [3.63, 3.8) is 0 Å². The standard InChI is InChI=1S/C14H14BrNO2/c1-18-14-12(3-2-8-16-14)13(17)9-10-4-6-11(15)7-5-10/h2-8,13,17H,9H2,1H3. The molecule has 2 aromatic rings. The van der Waals surface area contributed by atoms with Crippen molar-refractivity contribution in [3.8, 4) is 5.88 Å². The van der Waals surface area contributed by atoms with E-state index in [4.69, 9.17) is 4.74 Å². The summed E-state index contributed by atoms with van der Waals surface area (Å²) < 4.78 is 6.17. The summed E-state index contributed by atoms with van der Waals surface area (Å²) in [6, 6.07) is 11.5. The van der Waals surface area contributed by atoms with Gasteiger partial charge in [0.15, 0.2) is 0 Å². The Hall–Kier alpha value is -1.39. The van der Waals surface area contributed by atoms with E-state index in [1.807, 2.05) is 30.3 Å². The average molecular weight is 308 g/mol. The highest BCUT2D eigenvalue weighted by atomic mass is 79.9. The zero-order chi connectivity index (χ0) is 13.0. The number of rotatable bonds is 4. The fraction of sp³-hybridized carbons (Fsp3) is 0.214. The minimum Gasteiger partial charge on any atom is -0.481 e. The maximum atomic E-state index is 10.2. The van der Waals surface area contributed by atoms with E-state index in [1.165, 1.54) is 0 Å². The quantitative estimate of drug-likeness (QED) is 0.943. The molecule has 3 nitrogen and oxygen atoms in total. The topological polar surface area (TPSA) is 42.4 Å². The van der Waals surface area contributed by atoms with Crippen LogP contribution in [0.4, 0.5) is 0 Å². The smallest absolute Gasteiger partial charge is 0.218 e. The molecule has 0 aliphatic carbocycles. The van der Waals surface area contributed by atoms with Gasteiger partial charge in [0, 0.05) is 22.7 Å². The Kier molecular flexibility index (Phi) is 4.33. The third-order valence-corrected chi connectivity index (χ3v) is 3.22. The molecule has 0 spiro atoms. The summed E-state index contributed by atoms with van der Waals surface area (Å²) in [5.74, 6) is 0.474. The molecule has 1 atom stereocenters. The zero-order valence-electron chi connectivity index (χ0n) is 10.0. The molecule has 4 heteroatoms. The molecule has 0 radical (unpaired) electrons. The number of methoxy groups -OCH3 is 1. The number of pyridine rings is 1. The highest BCUT2D eigenvalue weighted by Crippen LogP contribution is 2.25. The molecule has 0 amide bonds. The molecule has 0 aliphatic heterocycles. The Bertz CT molecular complexity index is 513. The van der Waals surface area contributed by atoms with Crippen LogP contribution in [0.1, 0.15) is 17.2 Å². The first-order valence-electron chi connectivity index (χ1n) is 5.62. The van der Waals surface area contributed by atoms with E-state index in [0.29, 0.717) is 17.9 Å². The highest BCUT2D eigenvalue weighted by Gasteiger charge is 2.14. The minimum atomic E-state index is -0.616. The predicted octanol–water partition coefficient (Wildman–Crippen LogP) is 3.13. The van der Waals surface area contributed by atoms with Gasteiger partial charge in [-0.2, -0.15) is 0 Å². The summed E-state index contributed by atoms with van der Waals surface area (Å²) in [6.45, 7) is 0. The van der Waals surface area contributed by atoms with Crippen LogP contribution >= 0.6 is 15.9 Å². The van der Waals surface area contributed by atoms with Gasteiger partial charge in [-0.1, -0.05) is 28.1 Å². The number of aromatic nitrogens is 1. The lowest BCUT2D eigenvalue weighted by molar-refractivity contribution is 0.173. The first-order valence-corrected chi connectivity index (χ1v) is 6.41. The van der Waals surface area contributed by atoms with Gasteiger partial charge < -0.3 is 9.84 Å². The number of aliphatic hydroxyl groups excluding tert-OH is 1. The summed E-state index contributed by atoms with van der Waals surface area (Å²) in [5, 5.41) is 10.2. The normalized spacial score (nSPS) is 12.2. The Morgan fingerprint density at radius 2 is 2.00 bits per heavy atom. The van der Waals surface area contributed by atoms with E-state index in [-0.39, 0.29) is 0 Å². The second-order valence-electron chi connectivity index (χ2n) is 3.95. The number of halogens is 1. The van der Waals surface area contributed by atoms with Gasteiger partial charge in [0.1, 0.15) is 0 Å². The van der Waals surface area contributed by atoms with E-state index in [0.717, 1.165) is 10.0 Å². The van der Waals surface area contributed by atoms with Gasteiger partial charge in [-0.25, -0.2) is 4.98 Å². The Balaban J connectivity index is 2.16. The van der Waals surface area contributed by atoms with Crippen LogP contribution in [0.15, 0.2) is 47.1 Å². The van der Waals surface area contributed by atoms with E-state index >= 15 is 0 Å². The number of hydrogen-bond donors (Lipinski definition) is 1. The van der Waals surface area contributed by atoms with Crippen molar-refractivity contribution in [1.29, 1.82) is 0 Å². The molecular weight excluding hydrogens is 294 g/mol. The molecule has 0 aliphatic rings. The number of benzene rings is 1. The van der Waals surface area contributed by atoms with Crippen LogP contribution in [-0.2, 0) is 6.42 Å². The second kappa shape index (κ2) is 5.98. The molecule has 0 fully saturated rings. The third-order valence-electron chi connectivity index (χ3n) is 2.70. The molecule has 0 bridgehead atoms. The molecule has 0 saturated carbocycles. The van der Waals surface area contributed by atoms with Crippen molar-refractivity contribution in [2.45, 2.75) is 12.5 Å². The predicted molar refractivity (Wildman–Crippen MR) is 73.6 cm³/mol. The molecule has 1 aromatic carbocycles. The molecule has 1 unspecified atom stereocenters. The van der Waals surface area contributed by atoms with Crippen LogP contribution < -0.4 is 4.74 Å². The van der Waals surface area contributed by atoms with Crippen molar-refractivity contribution in [1.82, 2.24) is 4.98 Å². The minimum absolute atomic E-state index is 0.474. The van der Waals surface area contributed by atoms with Gasteiger partial charge in [-0.3, -0.25) is 0 Å². The SMILES string of the molecule is COc1ncccc1C(O)Cc1ccc(Br)cc1. The lowest BCUT2D eigenvalue weighted by Gasteiger charge is -2.13. The molecule has 1 heterocycles. The zero-order valence-corrected chi connectivity index (χ0v) is 11.6. The number of nitrogens with zero attached hydrogens (tertiary/aromatic N) is 1. The van der Waals surface area contributed by atoms with Gasteiger partial charge >= 0.3 is 0 Å². The maximum absolute atomic E-state index is 10.2. The van der Waals surface area contributed by atoms with Gasteiger partial charge in [-0.15, -0.1) is 0 Å². The van der Waals surface area contributed by atoms with E-state index in [1.54, 1.807) is 19.4 Å². The van der Waals surface area contributed by atoms with Crippen molar-refractivity contribution < 1.29 is 9.84 Å². The van der Waals surface area contributed by atoms with Crippen LogP contribution in [-0.4, -0.2) is 17.2 Å². The summed E-state index contributed by atoms with van der Waals surface area (Å²) in [7, 11) is 1.55. The lowest BCUT2D eigenvalue weighted by Crippen LogP contribution is -2.05. The molecular formula is C14H14BrNO2. The second-order valence-corrected chi connectivity index (χ2v) is 4.86. The molecule has 94 valence electrons. The summed E-state index contributed by atoms with van der Waals surface area (Å²) in [5.41, 5.74) is 1.78. The number of hydrogen-bond acceptors (Lipinski definition) is 3. The van der Waals surface area contributed by atoms with Crippen LogP contribution in [0, 0.1) is 0 Å². The van der Waals surface area contributed by atoms with Crippen molar-refractivity contribution in [3.05, 3.63) is 58.2 Å². The van der Waals surface area contributed by atoms with Gasteiger partial charge in [0.2, 0.25) is 5.88 Å². The van der Waals surface area contributed by atoms with E-state index < -0.39 is 6.10 Å². The van der Waals surface area contributed by atoms with Crippen LogP contribution in [0.2, 0.25) is 0 Å². The van der Waals surface area contributed by atoms with Gasteiger partial charge in [0.05, 0.1) is 13.2 Å². The van der Waals surface area contributed by atoms with E-state index in [2.05, 4.69) is 20.9 Å². The summed E-state index contributed by atoms with van der Waals surface area (Å²) >= 11 is 3.39.